The van der Waals surface area contributed by atoms with Gasteiger partial charge in [0, 0.05) is 7.05 Å². The molecule has 2 aromatic rings. The van der Waals surface area contributed by atoms with Gasteiger partial charge in [-0.3, -0.25) is 9.36 Å². The van der Waals surface area contributed by atoms with E-state index in [1.807, 2.05) is 11.4 Å². The second-order valence-electron chi connectivity index (χ2n) is 4.39. The third-order valence-electron chi connectivity index (χ3n) is 3.16. The van der Waals surface area contributed by atoms with Crippen molar-refractivity contribution in [3.05, 3.63) is 33.5 Å². The zero-order chi connectivity index (χ0) is 13.7. The normalized spacial score (nSPS) is 14.0. The highest BCUT2D eigenvalue weighted by Crippen LogP contribution is 2.30. The number of imidazole rings is 1. The number of aromatic carboxylic acids is 1. The SMILES string of the molecule is Cc1nc(C(=O)O)c2n1-c1ccsc1C(=O)N(C)C2. The Kier molecular flexibility index (Phi) is 2.46. The minimum absolute atomic E-state index is 0.0104. The van der Waals surface area contributed by atoms with E-state index in [2.05, 4.69) is 4.98 Å². The monoisotopic (exact) mass is 277 g/mol. The van der Waals surface area contributed by atoms with Crippen LogP contribution in [0, 0.1) is 6.92 Å². The van der Waals surface area contributed by atoms with E-state index >= 15 is 0 Å². The summed E-state index contributed by atoms with van der Waals surface area (Å²) in [5.41, 5.74) is 1.26. The van der Waals surface area contributed by atoms with Gasteiger partial charge in [0.05, 0.1) is 17.9 Å². The number of aromatic nitrogens is 2. The topological polar surface area (TPSA) is 75.4 Å². The van der Waals surface area contributed by atoms with Crippen molar-refractivity contribution in [2.24, 2.45) is 0 Å². The number of fused-ring (bicyclic) bond motifs is 3. The molecule has 0 unspecified atom stereocenters. The van der Waals surface area contributed by atoms with E-state index in [9.17, 15) is 14.7 Å². The number of hydrogen-bond acceptors (Lipinski definition) is 4. The Balaban J connectivity index is 2.35. The predicted molar refractivity (Wildman–Crippen MR) is 68.9 cm³/mol. The van der Waals surface area contributed by atoms with Crippen LogP contribution in [0.25, 0.3) is 5.69 Å². The number of nitrogens with zero attached hydrogens (tertiary/aromatic N) is 3. The van der Waals surface area contributed by atoms with E-state index in [1.165, 1.54) is 16.2 Å². The number of carboxylic acids is 1. The van der Waals surface area contributed by atoms with E-state index in [0.717, 1.165) is 0 Å². The molecule has 19 heavy (non-hydrogen) atoms. The number of amides is 1. The van der Waals surface area contributed by atoms with Crippen LogP contribution in [0.4, 0.5) is 0 Å². The molecule has 3 heterocycles. The highest BCUT2D eigenvalue weighted by atomic mass is 32.1. The second-order valence-corrected chi connectivity index (χ2v) is 5.31. The van der Waals surface area contributed by atoms with Crippen LogP contribution in [-0.2, 0) is 6.54 Å². The van der Waals surface area contributed by atoms with Gasteiger partial charge in [0.25, 0.3) is 5.91 Å². The number of thiophene rings is 1. The van der Waals surface area contributed by atoms with Crippen molar-refractivity contribution < 1.29 is 14.7 Å². The standard InChI is InChI=1S/C12H11N3O3S/c1-6-13-9(12(17)18)8-5-14(2)11(16)10-7(15(6)8)3-4-19-10/h3-4H,5H2,1-2H3,(H,17,18). The van der Waals surface area contributed by atoms with Crippen LogP contribution in [0.5, 0.6) is 0 Å². The Labute approximate surface area is 112 Å². The molecule has 0 radical (unpaired) electrons. The maximum atomic E-state index is 12.2. The summed E-state index contributed by atoms with van der Waals surface area (Å²) in [6.07, 6.45) is 0. The van der Waals surface area contributed by atoms with Gasteiger partial charge in [0.15, 0.2) is 5.69 Å². The molecule has 0 fully saturated rings. The number of carbonyl (C=O) groups is 2. The first-order valence-electron chi connectivity index (χ1n) is 5.65. The number of carbonyl (C=O) groups excluding carboxylic acids is 1. The summed E-state index contributed by atoms with van der Waals surface area (Å²) in [6, 6.07) is 1.82. The fourth-order valence-corrected chi connectivity index (χ4v) is 3.19. The fourth-order valence-electron chi connectivity index (χ4n) is 2.32. The molecular weight excluding hydrogens is 266 g/mol. The maximum absolute atomic E-state index is 12.2. The molecule has 3 rings (SSSR count). The highest BCUT2D eigenvalue weighted by Gasteiger charge is 2.30. The quantitative estimate of drug-likeness (QED) is 0.857. The molecule has 1 aliphatic heterocycles. The third-order valence-corrected chi connectivity index (χ3v) is 4.05. The van der Waals surface area contributed by atoms with E-state index < -0.39 is 5.97 Å². The Morgan fingerprint density at radius 3 is 2.95 bits per heavy atom. The van der Waals surface area contributed by atoms with Crippen LogP contribution in [0.1, 0.15) is 31.7 Å². The Morgan fingerprint density at radius 1 is 1.53 bits per heavy atom. The molecule has 1 amide bonds. The Hall–Kier alpha value is -2.15. The van der Waals surface area contributed by atoms with Crippen molar-refractivity contribution in [3.8, 4) is 5.69 Å². The van der Waals surface area contributed by atoms with E-state index in [0.29, 0.717) is 22.1 Å². The average Bonchev–Trinajstić information content (AvgIpc) is 2.90. The van der Waals surface area contributed by atoms with Crippen molar-refractivity contribution in [1.82, 2.24) is 14.5 Å². The summed E-state index contributed by atoms with van der Waals surface area (Å²) in [5, 5.41) is 11.0. The lowest BCUT2D eigenvalue weighted by atomic mass is 10.3. The molecule has 0 saturated carbocycles. The smallest absolute Gasteiger partial charge is 0.356 e. The van der Waals surface area contributed by atoms with Crippen molar-refractivity contribution in [1.29, 1.82) is 0 Å². The Morgan fingerprint density at radius 2 is 2.26 bits per heavy atom. The lowest BCUT2D eigenvalue weighted by molar-refractivity contribution is 0.0683. The molecule has 6 nitrogen and oxygen atoms in total. The first-order valence-corrected chi connectivity index (χ1v) is 6.53. The van der Waals surface area contributed by atoms with E-state index in [1.54, 1.807) is 18.5 Å². The lowest BCUT2D eigenvalue weighted by Gasteiger charge is -2.13. The van der Waals surface area contributed by atoms with Gasteiger partial charge >= 0.3 is 5.97 Å². The number of rotatable bonds is 1. The zero-order valence-corrected chi connectivity index (χ0v) is 11.2. The maximum Gasteiger partial charge on any atom is 0.356 e. The molecule has 7 heteroatoms. The minimum Gasteiger partial charge on any atom is -0.476 e. The van der Waals surface area contributed by atoms with Gasteiger partial charge in [0.2, 0.25) is 0 Å². The molecule has 0 spiro atoms. The molecule has 98 valence electrons. The summed E-state index contributed by atoms with van der Waals surface area (Å²) < 4.78 is 1.76. The molecule has 0 bridgehead atoms. The molecule has 0 aromatic carbocycles. The summed E-state index contributed by atoms with van der Waals surface area (Å²) >= 11 is 1.35. The predicted octanol–water partition coefficient (Wildman–Crippen LogP) is 1.53. The first kappa shape index (κ1) is 11.9. The van der Waals surface area contributed by atoms with Gasteiger partial charge < -0.3 is 10.0 Å². The molecule has 1 N–H and O–H groups in total. The van der Waals surface area contributed by atoms with Crippen molar-refractivity contribution >= 4 is 23.2 Å². The molecule has 0 saturated heterocycles. The summed E-state index contributed by atoms with van der Waals surface area (Å²) in [5.74, 6) is -0.587. The fraction of sp³-hybridized carbons (Fsp3) is 0.250. The average molecular weight is 277 g/mol. The van der Waals surface area contributed by atoms with Crippen LogP contribution >= 0.6 is 11.3 Å². The summed E-state index contributed by atoms with van der Waals surface area (Å²) in [7, 11) is 1.66. The minimum atomic E-state index is -1.07. The van der Waals surface area contributed by atoms with E-state index in [-0.39, 0.29) is 18.1 Å². The zero-order valence-electron chi connectivity index (χ0n) is 10.4. The molecule has 0 atom stereocenters. The number of carboxylic acid groups (broad SMARTS) is 1. The summed E-state index contributed by atoms with van der Waals surface area (Å²) in [6.45, 7) is 1.98. The van der Waals surface area contributed by atoms with Crippen LogP contribution in [0.3, 0.4) is 0 Å². The van der Waals surface area contributed by atoms with Crippen LogP contribution < -0.4 is 0 Å². The third kappa shape index (κ3) is 1.58. The van der Waals surface area contributed by atoms with Crippen LogP contribution in [0.2, 0.25) is 0 Å². The van der Waals surface area contributed by atoms with Gasteiger partial charge in [-0.05, 0) is 18.4 Å². The van der Waals surface area contributed by atoms with Crippen molar-refractivity contribution in [2.45, 2.75) is 13.5 Å². The van der Waals surface area contributed by atoms with Gasteiger partial charge in [-0.1, -0.05) is 0 Å². The summed E-state index contributed by atoms with van der Waals surface area (Å²) in [4.78, 5) is 29.7. The lowest BCUT2D eigenvalue weighted by Crippen LogP contribution is -2.25. The largest absolute Gasteiger partial charge is 0.476 e. The number of aryl methyl sites for hydroxylation is 1. The first-order chi connectivity index (χ1) is 9.00. The van der Waals surface area contributed by atoms with Crippen LogP contribution in [0.15, 0.2) is 11.4 Å². The van der Waals surface area contributed by atoms with E-state index in [4.69, 9.17) is 0 Å². The van der Waals surface area contributed by atoms with Gasteiger partial charge in [-0.15, -0.1) is 11.3 Å². The molecule has 0 aliphatic carbocycles. The van der Waals surface area contributed by atoms with Crippen molar-refractivity contribution in [3.63, 3.8) is 0 Å². The second kappa shape index (κ2) is 3.92. The van der Waals surface area contributed by atoms with Gasteiger partial charge in [-0.25, -0.2) is 9.78 Å². The molecular formula is C12H11N3O3S. The van der Waals surface area contributed by atoms with Crippen molar-refractivity contribution in [2.75, 3.05) is 7.05 Å². The Bertz CT molecular complexity index is 701. The van der Waals surface area contributed by atoms with Crippen LogP contribution in [-0.4, -0.2) is 38.5 Å². The molecule has 1 aliphatic rings. The number of hydrogen-bond donors (Lipinski definition) is 1. The molecule has 2 aromatic heterocycles. The van der Waals surface area contributed by atoms with Gasteiger partial charge in [-0.2, -0.15) is 0 Å². The van der Waals surface area contributed by atoms with Gasteiger partial charge in [0.1, 0.15) is 10.7 Å². The highest BCUT2D eigenvalue weighted by molar-refractivity contribution is 7.12.